The van der Waals surface area contributed by atoms with Crippen LogP contribution >= 0.6 is 0 Å². The Morgan fingerprint density at radius 1 is 0.149 bits per heavy atom. The SMILES string of the molecule is Cc1cc(-c2ccc(-c3cccc(-c4ccc5c6ccccc6c6ccccc6c5c4)c3)cc2)ccc1-c1ccc(-c2ccc(-c3cccc(-c4ccc5c6ccccc6c6ccccc6c5c4)c3)cc2)cc1C. The van der Waals surface area contributed by atoms with Crippen molar-refractivity contribution < 1.29 is 0 Å². The van der Waals surface area contributed by atoms with Crippen molar-refractivity contribution in [1.82, 2.24) is 0 Å². The fraction of sp³-hybridized carbons (Fsp3) is 0.0270. The van der Waals surface area contributed by atoms with E-state index in [0.717, 1.165) is 0 Å². The van der Waals surface area contributed by atoms with Crippen molar-refractivity contribution in [1.29, 1.82) is 0 Å². The first kappa shape index (κ1) is 43.4. The molecule has 0 nitrogen and oxygen atoms in total. The molecule has 0 fully saturated rings. The van der Waals surface area contributed by atoms with Gasteiger partial charge in [0.1, 0.15) is 0 Å². The second kappa shape index (κ2) is 17.7. The van der Waals surface area contributed by atoms with Crippen LogP contribution in [0.4, 0.5) is 0 Å². The highest BCUT2D eigenvalue weighted by Crippen LogP contribution is 2.41. The molecule has 14 aromatic carbocycles. The Hall–Kier alpha value is -9.36. The Morgan fingerprint density at radius 3 is 0.662 bits per heavy atom. The highest BCUT2D eigenvalue weighted by molar-refractivity contribution is 6.27. The second-order valence-electron chi connectivity index (χ2n) is 20.1. The zero-order chi connectivity index (χ0) is 49.3. The van der Waals surface area contributed by atoms with Crippen molar-refractivity contribution in [2.24, 2.45) is 0 Å². The van der Waals surface area contributed by atoms with Gasteiger partial charge in [-0.05, 0) is 192 Å². The third-order valence-corrected chi connectivity index (χ3v) is 15.7. The van der Waals surface area contributed by atoms with Crippen LogP contribution in [-0.4, -0.2) is 0 Å². The summed E-state index contributed by atoms with van der Waals surface area (Å²) in [6.45, 7) is 4.48. The molecule has 14 aromatic rings. The summed E-state index contributed by atoms with van der Waals surface area (Å²) in [4.78, 5) is 0. The van der Waals surface area contributed by atoms with Crippen LogP contribution in [0.2, 0.25) is 0 Å². The molecule has 0 aromatic heterocycles. The zero-order valence-electron chi connectivity index (χ0n) is 41.4. The zero-order valence-corrected chi connectivity index (χ0v) is 41.4. The highest BCUT2D eigenvalue weighted by atomic mass is 14.2. The molecule has 0 bridgehead atoms. The first-order valence-corrected chi connectivity index (χ1v) is 25.8. The van der Waals surface area contributed by atoms with Gasteiger partial charge in [-0.15, -0.1) is 0 Å². The van der Waals surface area contributed by atoms with Crippen molar-refractivity contribution in [3.8, 4) is 77.9 Å². The Balaban J connectivity index is 0.687. The van der Waals surface area contributed by atoms with Crippen LogP contribution < -0.4 is 0 Å². The number of aryl methyl sites for hydroxylation is 2. The number of hydrogen-bond donors (Lipinski definition) is 0. The van der Waals surface area contributed by atoms with Crippen molar-refractivity contribution in [2.45, 2.75) is 13.8 Å². The highest BCUT2D eigenvalue weighted by Gasteiger charge is 2.14. The van der Waals surface area contributed by atoms with Gasteiger partial charge in [-0.3, -0.25) is 0 Å². The summed E-state index contributed by atoms with van der Waals surface area (Å²) in [6, 6.07) is 98.9. The monoisotopic (exact) mass is 938 g/mol. The average Bonchev–Trinajstić information content (AvgIpc) is 3.49. The van der Waals surface area contributed by atoms with Gasteiger partial charge in [-0.25, -0.2) is 0 Å². The number of fused-ring (bicyclic) bond motifs is 12. The summed E-state index contributed by atoms with van der Waals surface area (Å²) in [5.74, 6) is 0. The van der Waals surface area contributed by atoms with E-state index in [9.17, 15) is 0 Å². The molecule has 74 heavy (non-hydrogen) atoms. The molecule has 0 N–H and O–H groups in total. The van der Waals surface area contributed by atoms with Gasteiger partial charge < -0.3 is 0 Å². The molecule has 0 amide bonds. The van der Waals surface area contributed by atoms with Gasteiger partial charge in [0.15, 0.2) is 0 Å². The summed E-state index contributed by atoms with van der Waals surface area (Å²) < 4.78 is 0. The lowest BCUT2D eigenvalue weighted by molar-refractivity contribution is 1.40. The maximum absolute atomic E-state index is 2.38. The fourth-order valence-corrected chi connectivity index (χ4v) is 11.9. The molecule has 14 rings (SSSR count). The standard InChI is InChI=1S/C74H50/c1-47-41-57(51-29-25-49(26-30-51)53-13-11-15-55(43-53)59-35-39-71-67-21-5-3-17-63(67)65-19-7-9-23-69(65)73(71)45-59)33-37-61(47)62-38-34-58(42-48(62)2)52-31-27-50(28-32-52)54-14-12-16-56(44-54)60-36-40-72-68-22-6-4-18-64(68)66-20-8-10-24-70(66)74(72)46-60/h3-46H,1-2H3. The lowest BCUT2D eigenvalue weighted by Gasteiger charge is -2.14. The molecular formula is C74H50. The molecule has 0 aliphatic rings. The average molecular weight is 939 g/mol. The van der Waals surface area contributed by atoms with Crippen LogP contribution in [0.5, 0.6) is 0 Å². The summed E-state index contributed by atoms with van der Waals surface area (Å²) in [5, 5.41) is 15.6. The van der Waals surface area contributed by atoms with Crippen LogP contribution in [-0.2, 0) is 0 Å². The van der Waals surface area contributed by atoms with E-state index in [0.29, 0.717) is 0 Å². The van der Waals surface area contributed by atoms with E-state index < -0.39 is 0 Å². The number of rotatable bonds is 7. The van der Waals surface area contributed by atoms with Crippen LogP contribution in [0.3, 0.4) is 0 Å². The molecule has 0 aliphatic carbocycles. The molecule has 0 spiro atoms. The van der Waals surface area contributed by atoms with Crippen LogP contribution in [0.15, 0.2) is 267 Å². The van der Waals surface area contributed by atoms with Crippen molar-refractivity contribution >= 4 is 64.6 Å². The third-order valence-electron chi connectivity index (χ3n) is 15.7. The smallest absolute Gasteiger partial charge is 0.00928 e. The number of benzene rings is 14. The molecule has 0 saturated heterocycles. The normalized spacial score (nSPS) is 11.6. The van der Waals surface area contributed by atoms with Gasteiger partial charge in [-0.1, -0.05) is 243 Å². The fourth-order valence-electron chi connectivity index (χ4n) is 11.9. The molecule has 0 heterocycles. The first-order valence-electron chi connectivity index (χ1n) is 25.8. The Kier molecular flexibility index (Phi) is 10.4. The van der Waals surface area contributed by atoms with Crippen molar-refractivity contribution in [2.75, 3.05) is 0 Å². The van der Waals surface area contributed by atoms with Gasteiger partial charge in [-0.2, -0.15) is 0 Å². The second-order valence-corrected chi connectivity index (χ2v) is 20.1. The summed E-state index contributed by atoms with van der Waals surface area (Å²) in [6.07, 6.45) is 0. The summed E-state index contributed by atoms with van der Waals surface area (Å²) in [5.41, 5.74) is 19.7. The minimum Gasteiger partial charge on any atom is -0.0616 e. The van der Waals surface area contributed by atoms with E-state index in [1.807, 2.05) is 0 Å². The Morgan fingerprint density at radius 2 is 0.365 bits per heavy atom. The predicted octanol–water partition coefficient (Wildman–Crippen LogP) is 20.9. The summed E-state index contributed by atoms with van der Waals surface area (Å²) in [7, 11) is 0. The van der Waals surface area contributed by atoms with Gasteiger partial charge in [0.25, 0.3) is 0 Å². The van der Waals surface area contributed by atoms with Crippen molar-refractivity contribution in [3.05, 3.63) is 278 Å². The number of hydrogen-bond acceptors (Lipinski definition) is 0. The lowest BCUT2D eigenvalue weighted by Crippen LogP contribution is -1.90. The van der Waals surface area contributed by atoms with Crippen molar-refractivity contribution in [3.63, 3.8) is 0 Å². The van der Waals surface area contributed by atoms with E-state index in [1.54, 1.807) is 0 Å². The van der Waals surface area contributed by atoms with Crippen LogP contribution in [0, 0.1) is 13.8 Å². The summed E-state index contributed by atoms with van der Waals surface area (Å²) >= 11 is 0. The Bertz CT molecular complexity index is 4170. The quantitative estimate of drug-likeness (QED) is 0.140. The minimum atomic E-state index is 1.21. The first-order chi connectivity index (χ1) is 36.5. The third kappa shape index (κ3) is 7.46. The van der Waals surface area contributed by atoms with Crippen LogP contribution in [0.25, 0.3) is 143 Å². The molecule has 0 saturated carbocycles. The minimum absolute atomic E-state index is 1.21. The van der Waals surface area contributed by atoms with Gasteiger partial charge in [0.2, 0.25) is 0 Å². The lowest BCUT2D eigenvalue weighted by atomic mass is 9.90. The van der Waals surface area contributed by atoms with E-state index in [1.165, 1.54) is 154 Å². The molecule has 0 atom stereocenters. The van der Waals surface area contributed by atoms with E-state index in [2.05, 4.69) is 281 Å². The molecular weight excluding hydrogens is 889 g/mol. The van der Waals surface area contributed by atoms with Gasteiger partial charge in [0, 0.05) is 0 Å². The topological polar surface area (TPSA) is 0 Å². The maximum Gasteiger partial charge on any atom is -0.00928 e. The molecule has 0 aliphatic heterocycles. The molecule has 346 valence electrons. The van der Waals surface area contributed by atoms with Gasteiger partial charge >= 0.3 is 0 Å². The maximum atomic E-state index is 2.38. The van der Waals surface area contributed by atoms with Crippen LogP contribution in [0.1, 0.15) is 11.1 Å². The molecule has 0 unspecified atom stereocenters. The van der Waals surface area contributed by atoms with E-state index >= 15 is 0 Å². The predicted molar refractivity (Wildman–Crippen MR) is 319 cm³/mol. The molecule has 0 radical (unpaired) electrons. The molecule has 0 heteroatoms. The van der Waals surface area contributed by atoms with E-state index in [-0.39, 0.29) is 0 Å². The Labute approximate surface area is 432 Å². The largest absolute Gasteiger partial charge is 0.0616 e. The van der Waals surface area contributed by atoms with Gasteiger partial charge in [0.05, 0.1) is 0 Å². The van der Waals surface area contributed by atoms with E-state index in [4.69, 9.17) is 0 Å².